The van der Waals surface area contributed by atoms with E-state index in [9.17, 15) is 4.79 Å². The van der Waals surface area contributed by atoms with Gasteiger partial charge in [0.1, 0.15) is 0 Å². The van der Waals surface area contributed by atoms with Gasteiger partial charge in [0, 0.05) is 5.54 Å². The van der Waals surface area contributed by atoms with Crippen molar-refractivity contribution in [2.24, 2.45) is 5.84 Å². The van der Waals surface area contributed by atoms with E-state index in [1.165, 1.54) is 12.8 Å². The summed E-state index contributed by atoms with van der Waals surface area (Å²) in [5.41, 5.74) is 2.04. The molecule has 4 heteroatoms. The molecule has 0 spiro atoms. The standard InChI is InChI=1S/C7H15N3O/c1-7(4-2-3-5-7)9-6(11)10-8/h2-5,8H2,1H3,(H2,9,10,11). The summed E-state index contributed by atoms with van der Waals surface area (Å²) in [6.45, 7) is 2.05. The van der Waals surface area contributed by atoms with Crippen LogP contribution in [0.3, 0.4) is 0 Å². The van der Waals surface area contributed by atoms with Crippen molar-refractivity contribution in [2.75, 3.05) is 0 Å². The first kappa shape index (κ1) is 8.33. The quantitative estimate of drug-likeness (QED) is 0.294. The number of urea groups is 1. The molecule has 1 aliphatic rings. The smallest absolute Gasteiger partial charge is 0.329 e. The lowest BCUT2D eigenvalue weighted by Gasteiger charge is -2.24. The van der Waals surface area contributed by atoms with E-state index in [2.05, 4.69) is 17.7 Å². The van der Waals surface area contributed by atoms with Crippen LogP contribution >= 0.6 is 0 Å². The molecular formula is C7H15N3O. The third kappa shape index (κ3) is 2.08. The maximum atomic E-state index is 10.8. The predicted molar refractivity (Wildman–Crippen MR) is 42.7 cm³/mol. The summed E-state index contributed by atoms with van der Waals surface area (Å²) >= 11 is 0. The molecule has 1 aliphatic carbocycles. The van der Waals surface area contributed by atoms with Crippen LogP contribution in [-0.4, -0.2) is 11.6 Å². The summed E-state index contributed by atoms with van der Waals surface area (Å²) in [6, 6.07) is -0.283. The van der Waals surface area contributed by atoms with Gasteiger partial charge in [-0.3, -0.25) is 5.43 Å². The van der Waals surface area contributed by atoms with E-state index >= 15 is 0 Å². The molecular weight excluding hydrogens is 142 g/mol. The zero-order valence-electron chi connectivity index (χ0n) is 6.81. The molecule has 4 nitrogen and oxygen atoms in total. The van der Waals surface area contributed by atoms with Gasteiger partial charge in [0.25, 0.3) is 0 Å². The average molecular weight is 157 g/mol. The predicted octanol–water partition coefficient (Wildman–Crippen LogP) is 0.492. The van der Waals surface area contributed by atoms with Gasteiger partial charge in [0.2, 0.25) is 0 Å². The van der Waals surface area contributed by atoms with E-state index < -0.39 is 0 Å². The first-order valence-corrected chi connectivity index (χ1v) is 3.95. The highest BCUT2D eigenvalue weighted by Gasteiger charge is 2.29. The minimum Gasteiger partial charge on any atom is -0.332 e. The Bertz CT molecular complexity index is 152. The summed E-state index contributed by atoms with van der Waals surface area (Å²) in [5, 5.41) is 2.83. The van der Waals surface area contributed by atoms with Crippen molar-refractivity contribution < 1.29 is 4.79 Å². The monoisotopic (exact) mass is 157 g/mol. The summed E-state index contributed by atoms with van der Waals surface area (Å²) in [4.78, 5) is 10.8. The lowest BCUT2D eigenvalue weighted by Crippen LogP contribution is -2.50. The molecule has 1 rings (SSSR count). The van der Waals surface area contributed by atoms with Crippen LogP contribution in [0.5, 0.6) is 0 Å². The highest BCUT2D eigenvalue weighted by Crippen LogP contribution is 2.28. The summed E-state index contributed by atoms with van der Waals surface area (Å²) in [7, 11) is 0. The Balaban J connectivity index is 2.39. The van der Waals surface area contributed by atoms with Crippen molar-refractivity contribution in [2.45, 2.75) is 38.1 Å². The van der Waals surface area contributed by atoms with Crippen molar-refractivity contribution in [3.8, 4) is 0 Å². The van der Waals surface area contributed by atoms with Crippen molar-refractivity contribution in [1.82, 2.24) is 10.7 Å². The van der Waals surface area contributed by atoms with E-state index in [0.717, 1.165) is 12.8 Å². The molecule has 0 aromatic carbocycles. The normalized spacial score (nSPS) is 21.3. The van der Waals surface area contributed by atoms with Crippen LogP contribution in [0, 0.1) is 0 Å². The van der Waals surface area contributed by atoms with Gasteiger partial charge in [-0.2, -0.15) is 0 Å². The summed E-state index contributed by atoms with van der Waals surface area (Å²) in [5.74, 6) is 4.95. The Morgan fingerprint density at radius 3 is 2.45 bits per heavy atom. The SMILES string of the molecule is CC1(NC(=O)NN)CCCC1. The van der Waals surface area contributed by atoms with Crippen LogP contribution in [0.2, 0.25) is 0 Å². The molecule has 0 atom stereocenters. The Morgan fingerprint density at radius 2 is 2.00 bits per heavy atom. The molecule has 0 saturated heterocycles. The van der Waals surface area contributed by atoms with Crippen molar-refractivity contribution in [1.29, 1.82) is 0 Å². The minimum atomic E-state index is -0.283. The fraction of sp³-hybridized carbons (Fsp3) is 0.857. The fourth-order valence-electron chi connectivity index (χ4n) is 1.59. The van der Waals surface area contributed by atoms with Crippen LogP contribution < -0.4 is 16.6 Å². The molecule has 1 fully saturated rings. The summed E-state index contributed by atoms with van der Waals surface area (Å²) < 4.78 is 0. The van der Waals surface area contributed by atoms with Gasteiger partial charge >= 0.3 is 6.03 Å². The van der Waals surface area contributed by atoms with Crippen molar-refractivity contribution >= 4 is 6.03 Å². The molecule has 11 heavy (non-hydrogen) atoms. The lowest BCUT2D eigenvalue weighted by molar-refractivity contribution is 0.228. The number of rotatable bonds is 1. The Labute approximate surface area is 66.5 Å². The van der Waals surface area contributed by atoms with Gasteiger partial charge in [-0.15, -0.1) is 0 Å². The van der Waals surface area contributed by atoms with Crippen molar-refractivity contribution in [3.05, 3.63) is 0 Å². The number of carbonyl (C=O) groups is 1. The molecule has 64 valence electrons. The van der Waals surface area contributed by atoms with E-state index in [4.69, 9.17) is 5.84 Å². The van der Waals surface area contributed by atoms with Gasteiger partial charge < -0.3 is 5.32 Å². The molecule has 0 aromatic heterocycles. The molecule has 2 amide bonds. The highest BCUT2D eigenvalue weighted by atomic mass is 16.2. The van der Waals surface area contributed by atoms with Gasteiger partial charge in [-0.05, 0) is 19.8 Å². The largest absolute Gasteiger partial charge is 0.332 e. The zero-order valence-corrected chi connectivity index (χ0v) is 6.81. The number of hydrogen-bond donors (Lipinski definition) is 3. The number of hydrazine groups is 1. The first-order chi connectivity index (χ1) is 5.16. The molecule has 0 bridgehead atoms. The van der Waals surface area contributed by atoms with Crippen LogP contribution in [0.4, 0.5) is 4.79 Å². The molecule has 1 saturated carbocycles. The fourth-order valence-corrected chi connectivity index (χ4v) is 1.59. The second-order valence-electron chi connectivity index (χ2n) is 3.37. The van der Waals surface area contributed by atoms with Crippen molar-refractivity contribution in [3.63, 3.8) is 0 Å². The van der Waals surface area contributed by atoms with E-state index in [-0.39, 0.29) is 11.6 Å². The number of nitrogens with two attached hydrogens (primary N) is 1. The summed E-state index contributed by atoms with van der Waals surface area (Å²) in [6.07, 6.45) is 4.50. The number of carbonyl (C=O) groups excluding carboxylic acids is 1. The maximum absolute atomic E-state index is 10.8. The van der Waals surface area contributed by atoms with E-state index in [1.807, 2.05) is 0 Å². The average Bonchev–Trinajstić information content (AvgIpc) is 2.36. The Kier molecular flexibility index (Phi) is 2.34. The Morgan fingerprint density at radius 1 is 1.45 bits per heavy atom. The number of nitrogens with one attached hydrogen (secondary N) is 2. The second-order valence-corrected chi connectivity index (χ2v) is 3.37. The maximum Gasteiger partial charge on any atom is 0.329 e. The molecule has 0 aliphatic heterocycles. The van der Waals surface area contributed by atoms with Gasteiger partial charge in [-0.25, -0.2) is 10.6 Å². The van der Waals surface area contributed by atoms with Gasteiger partial charge in [-0.1, -0.05) is 12.8 Å². The van der Waals surface area contributed by atoms with Gasteiger partial charge in [0.05, 0.1) is 0 Å². The number of hydrogen-bond acceptors (Lipinski definition) is 2. The third-order valence-electron chi connectivity index (χ3n) is 2.25. The lowest BCUT2D eigenvalue weighted by atomic mass is 10.0. The van der Waals surface area contributed by atoms with E-state index in [0.29, 0.717) is 0 Å². The molecule has 0 aromatic rings. The molecule has 0 radical (unpaired) electrons. The van der Waals surface area contributed by atoms with Gasteiger partial charge in [0.15, 0.2) is 0 Å². The van der Waals surface area contributed by atoms with Crippen LogP contribution in [-0.2, 0) is 0 Å². The topological polar surface area (TPSA) is 67.2 Å². The molecule has 4 N–H and O–H groups in total. The van der Waals surface area contributed by atoms with Crippen LogP contribution in [0.1, 0.15) is 32.6 Å². The van der Waals surface area contributed by atoms with Crippen LogP contribution in [0.25, 0.3) is 0 Å². The second kappa shape index (κ2) is 3.09. The van der Waals surface area contributed by atoms with E-state index in [1.54, 1.807) is 0 Å². The number of amides is 2. The first-order valence-electron chi connectivity index (χ1n) is 3.95. The van der Waals surface area contributed by atoms with Crippen LogP contribution in [0.15, 0.2) is 0 Å². The Hall–Kier alpha value is -0.770. The minimum absolute atomic E-state index is 0.0244. The highest BCUT2D eigenvalue weighted by molar-refractivity contribution is 5.74. The molecule has 0 heterocycles. The molecule has 0 unspecified atom stereocenters. The zero-order chi connectivity index (χ0) is 8.32. The third-order valence-corrected chi connectivity index (χ3v) is 2.25.